The molecule has 0 bridgehead atoms. The van der Waals surface area contributed by atoms with Gasteiger partial charge >= 0.3 is 0 Å². The number of rotatable bonds is 7. The van der Waals surface area contributed by atoms with E-state index >= 15 is 0 Å². The molecule has 21 heavy (non-hydrogen) atoms. The van der Waals surface area contributed by atoms with Crippen molar-refractivity contribution in [2.24, 2.45) is 0 Å². The molecule has 0 aliphatic heterocycles. The van der Waals surface area contributed by atoms with Crippen LogP contribution in [0, 0.1) is 11.3 Å². The van der Waals surface area contributed by atoms with Crippen LogP contribution in [0.2, 0.25) is 5.02 Å². The molecule has 2 N–H and O–H groups in total. The minimum atomic E-state index is -3.94. The zero-order valence-electron chi connectivity index (χ0n) is 11.8. The van der Waals surface area contributed by atoms with Gasteiger partial charge in [-0.05, 0) is 25.1 Å². The Hall–Kier alpha value is -1.17. The van der Waals surface area contributed by atoms with Crippen LogP contribution in [0.1, 0.15) is 18.9 Å². The fourth-order valence-electron chi connectivity index (χ4n) is 1.55. The van der Waals surface area contributed by atoms with Gasteiger partial charge in [0, 0.05) is 31.7 Å². The molecule has 0 saturated carbocycles. The minimum Gasteiger partial charge on any atom is -0.389 e. The van der Waals surface area contributed by atoms with E-state index in [9.17, 15) is 13.5 Å². The quantitative estimate of drug-likeness (QED) is 0.783. The van der Waals surface area contributed by atoms with Crippen LogP contribution in [-0.4, -0.2) is 39.4 Å². The van der Waals surface area contributed by atoms with Gasteiger partial charge in [0.15, 0.2) is 0 Å². The summed E-state index contributed by atoms with van der Waals surface area (Å²) in [4.78, 5) is -0.208. The van der Waals surface area contributed by atoms with Crippen molar-refractivity contribution in [3.63, 3.8) is 0 Å². The molecule has 1 atom stereocenters. The number of nitrogens with zero attached hydrogens (tertiary/aromatic N) is 1. The number of nitriles is 1. The first-order valence-corrected chi connectivity index (χ1v) is 7.98. The van der Waals surface area contributed by atoms with Crippen LogP contribution < -0.4 is 4.72 Å². The van der Waals surface area contributed by atoms with Crippen LogP contribution in [-0.2, 0) is 14.8 Å². The lowest BCUT2D eigenvalue weighted by molar-refractivity contribution is 0.0292. The second kappa shape index (κ2) is 7.20. The molecule has 0 aromatic heterocycles. The highest BCUT2D eigenvalue weighted by atomic mass is 35.5. The van der Waals surface area contributed by atoms with Gasteiger partial charge in [0.1, 0.15) is 11.0 Å². The van der Waals surface area contributed by atoms with Crippen LogP contribution in [0.3, 0.4) is 0 Å². The molecule has 0 spiro atoms. The molecule has 0 fully saturated rings. The fraction of sp³-hybridized carbons (Fsp3) is 0.462. The lowest BCUT2D eigenvalue weighted by atomic mass is 10.0. The van der Waals surface area contributed by atoms with Crippen LogP contribution in [0.25, 0.3) is 0 Å². The summed E-state index contributed by atoms with van der Waals surface area (Å²) < 4.78 is 31.6. The third-order valence-electron chi connectivity index (χ3n) is 2.84. The lowest BCUT2D eigenvalue weighted by Gasteiger charge is -2.23. The summed E-state index contributed by atoms with van der Waals surface area (Å²) in [6.45, 7) is 1.60. The largest absolute Gasteiger partial charge is 0.389 e. The van der Waals surface area contributed by atoms with Crippen LogP contribution >= 0.6 is 11.6 Å². The smallest absolute Gasteiger partial charge is 0.242 e. The standard InChI is InChI=1S/C13H17ClN2O4S/c1-13(17,5-6-20-2)9-16-21(18,19)12-7-11(14)4-3-10(12)8-15/h3-4,7,16-17H,5-6,9H2,1-2H3. The van der Waals surface area contributed by atoms with Gasteiger partial charge in [-0.1, -0.05) is 11.6 Å². The van der Waals surface area contributed by atoms with Crippen molar-refractivity contribution in [2.75, 3.05) is 20.3 Å². The van der Waals surface area contributed by atoms with E-state index in [4.69, 9.17) is 21.6 Å². The predicted molar refractivity (Wildman–Crippen MR) is 78.5 cm³/mol. The van der Waals surface area contributed by atoms with E-state index in [2.05, 4.69) is 4.72 Å². The summed E-state index contributed by atoms with van der Waals surface area (Å²) in [6.07, 6.45) is 0.271. The van der Waals surface area contributed by atoms with E-state index in [1.807, 2.05) is 0 Å². The monoisotopic (exact) mass is 332 g/mol. The zero-order valence-corrected chi connectivity index (χ0v) is 13.3. The van der Waals surface area contributed by atoms with E-state index in [-0.39, 0.29) is 28.4 Å². The Morgan fingerprint density at radius 2 is 2.19 bits per heavy atom. The second-order valence-electron chi connectivity index (χ2n) is 4.82. The number of nitrogens with one attached hydrogen (secondary N) is 1. The molecule has 0 amide bonds. The van der Waals surface area contributed by atoms with Gasteiger partial charge in [-0.25, -0.2) is 13.1 Å². The number of halogens is 1. The van der Waals surface area contributed by atoms with Gasteiger partial charge in [0.05, 0.1) is 11.2 Å². The highest BCUT2D eigenvalue weighted by Gasteiger charge is 2.25. The van der Waals surface area contributed by atoms with Gasteiger partial charge in [-0.15, -0.1) is 0 Å². The Balaban J connectivity index is 2.93. The average Bonchev–Trinajstić information content (AvgIpc) is 2.43. The summed E-state index contributed by atoms with van der Waals surface area (Å²) in [6, 6.07) is 5.77. The van der Waals surface area contributed by atoms with Crippen LogP contribution in [0.15, 0.2) is 23.1 Å². The summed E-state index contributed by atoms with van der Waals surface area (Å²) in [7, 11) is -2.45. The van der Waals surface area contributed by atoms with Crippen molar-refractivity contribution < 1.29 is 18.3 Å². The molecule has 0 aliphatic carbocycles. The maximum Gasteiger partial charge on any atom is 0.242 e. The van der Waals surface area contributed by atoms with Gasteiger partial charge in [-0.2, -0.15) is 5.26 Å². The first kappa shape index (κ1) is 17.9. The number of sulfonamides is 1. The lowest BCUT2D eigenvalue weighted by Crippen LogP contribution is -2.41. The van der Waals surface area contributed by atoms with Crippen molar-refractivity contribution in [3.05, 3.63) is 28.8 Å². The molecular formula is C13H17ClN2O4S. The molecule has 1 aromatic rings. The molecule has 1 rings (SSSR count). The summed E-state index contributed by atoms with van der Waals surface area (Å²) >= 11 is 5.77. The second-order valence-corrected chi connectivity index (χ2v) is 6.99. The van der Waals surface area contributed by atoms with Gasteiger partial charge < -0.3 is 9.84 Å². The Morgan fingerprint density at radius 3 is 2.76 bits per heavy atom. The summed E-state index contributed by atoms with van der Waals surface area (Å²) in [5, 5.41) is 19.2. The third kappa shape index (κ3) is 5.26. The van der Waals surface area contributed by atoms with Crippen LogP contribution in [0.5, 0.6) is 0 Å². The average molecular weight is 333 g/mol. The normalized spacial score (nSPS) is 14.4. The minimum absolute atomic E-state index is 0.0107. The number of benzene rings is 1. The topological polar surface area (TPSA) is 99.4 Å². The maximum absolute atomic E-state index is 12.2. The predicted octanol–water partition coefficient (Wildman–Crippen LogP) is 1.28. The van der Waals surface area contributed by atoms with E-state index < -0.39 is 15.6 Å². The SMILES string of the molecule is COCCC(C)(O)CNS(=O)(=O)c1cc(Cl)ccc1C#N. The van der Waals surface area contributed by atoms with E-state index in [0.29, 0.717) is 6.61 Å². The van der Waals surface area contributed by atoms with E-state index in [1.54, 1.807) is 6.07 Å². The number of hydrogen-bond donors (Lipinski definition) is 2. The molecule has 1 aromatic carbocycles. The number of methoxy groups -OCH3 is 1. The highest BCUT2D eigenvalue weighted by molar-refractivity contribution is 7.89. The number of ether oxygens (including phenoxy) is 1. The molecule has 8 heteroatoms. The van der Waals surface area contributed by atoms with Gasteiger partial charge in [0.25, 0.3) is 0 Å². The molecular weight excluding hydrogens is 316 g/mol. The molecule has 0 heterocycles. The zero-order chi connectivity index (χ0) is 16.1. The molecule has 1 unspecified atom stereocenters. The van der Waals surface area contributed by atoms with Crippen molar-refractivity contribution in [1.29, 1.82) is 5.26 Å². The molecule has 0 radical (unpaired) electrons. The molecule has 0 saturated heterocycles. The number of aliphatic hydroxyl groups is 1. The molecule has 6 nitrogen and oxygen atoms in total. The van der Waals surface area contributed by atoms with Crippen molar-refractivity contribution in [2.45, 2.75) is 23.8 Å². The Kier molecular flexibility index (Phi) is 6.13. The van der Waals surface area contributed by atoms with Crippen molar-refractivity contribution in [1.82, 2.24) is 4.72 Å². The van der Waals surface area contributed by atoms with E-state index in [1.165, 1.54) is 32.2 Å². The van der Waals surface area contributed by atoms with E-state index in [0.717, 1.165) is 0 Å². The number of hydrogen-bond acceptors (Lipinski definition) is 5. The van der Waals surface area contributed by atoms with Crippen molar-refractivity contribution >= 4 is 21.6 Å². The van der Waals surface area contributed by atoms with Gasteiger partial charge in [-0.3, -0.25) is 0 Å². The molecule has 116 valence electrons. The highest BCUT2D eigenvalue weighted by Crippen LogP contribution is 2.20. The van der Waals surface area contributed by atoms with Gasteiger partial charge in [0.2, 0.25) is 10.0 Å². The first-order valence-electron chi connectivity index (χ1n) is 6.12. The summed E-state index contributed by atoms with van der Waals surface area (Å²) in [5.41, 5.74) is -1.27. The summed E-state index contributed by atoms with van der Waals surface area (Å²) in [5.74, 6) is 0. The fourth-order valence-corrected chi connectivity index (χ4v) is 3.13. The molecule has 0 aliphatic rings. The maximum atomic E-state index is 12.2. The Morgan fingerprint density at radius 1 is 1.52 bits per heavy atom. The first-order chi connectivity index (χ1) is 9.72. The Bertz CT molecular complexity index is 638. The van der Waals surface area contributed by atoms with Crippen LogP contribution in [0.4, 0.5) is 0 Å². The Labute approximate surface area is 129 Å². The van der Waals surface area contributed by atoms with Crippen molar-refractivity contribution in [3.8, 4) is 6.07 Å². The third-order valence-corrected chi connectivity index (χ3v) is 4.52.